The van der Waals surface area contributed by atoms with Crippen molar-refractivity contribution in [1.82, 2.24) is 0 Å². The topological polar surface area (TPSA) is 34.1 Å². The zero-order valence-electron chi connectivity index (χ0n) is 16.4. The highest BCUT2D eigenvalue weighted by atomic mass is 16.1. The fraction of sp³-hybridized carbons (Fsp3) is 0.909. The van der Waals surface area contributed by atoms with Gasteiger partial charge in [-0.1, -0.05) is 41.5 Å². The summed E-state index contributed by atoms with van der Waals surface area (Å²) in [6.07, 6.45) is 6.42. The summed E-state index contributed by atoms with van der Waals surface area (Å²) in [6, 6.07) is 0. The average molecular weight is 331 g/mol. The number of Topliss-reactive ketones (excluding diaryl/α,β-unsaturated/α-hetero) is 2. The standard InChI is InChI=1S/C22H34O2/c1-19(2)15-9-11-21(19,5)17(23)13(15)7-8-14-16-10-12-22(6,18(14)24)20(16,3)4/h13-16H,7-12H2,1-6H3/t13-,14+,15-,16+,21-,22-/m1/s1. The molecule has 4 bridgehead atoms. The predicted molar refractivity (Wildman–Crippen MR) is 95.5 cm³/mol. The molecule has 0 aliphatic heterocycles. The third kappa shape index (κ3) is 1.60. The van der Waals surface area contributed by atoms with E-state index < -0.39 is 0 Å². The molecule has 4 rings (SSSR count). The Morgan fingerprint density at radius 1 is 0.708 bits per heavy atom. The van der Waals surface area contributed by atoms with E-state index in [0.717, 1.165) is 25.7 Å². The third-order valence-corrected chi connectivity index (χ3v) is 10.1. The van der Waals surface area contributed by atoms with Crippen LogP contribution in [0.15, 0.2) is 0 Å². The SMILES string of the molecule is CC1(C)[C@@H]2CC[C@]1(C)C(=O)[C@@H]2CC[C@@H]1C(=O)[C@@]2(C)CC[C@@H]1C2(C)C. The van der Waals surface area contributed by atoms with E-state index in [4.69, 9.17) is 0 Å². The number of ketones is 2. The van der Waals surface area contributed by atoms with Crippen molar-refractivity contribution in [2.45, 2.75) is 80.1 Å². The minimum atomic E-state index is -0.119. The highest BCUT2D eigenvalue weighted by Crippen LogP contribution is 2.69. The first-order chi connectivity index (χ1) is 11.0. The summed E-state index contributed by atoms with van der Waals surface area (Å²) in [5.74, 6) is 2.50. The maximum Gasteiger partial charge on any atom is 0.142 e. The van der Waals surface area contributed by atoms with Gasteiger partial charge in [-0.25, -0.2) is 0 Å². The van der Waals surface area contributed by atoms with Crippen LogP contribution >= 0.6 is 0 Å². The molecule has 0 radical (unpaired) electrons. The van der Waals surface area contributed by atoms with E-state index in [-0.39, 0.29) is 33.5 Å². The average Bonchev–Trinajstić information content (AvgIpc) is 2.97. The normalized spacial score (nSPS) is 50.9. The van der Waals surface area contributed by atoms with Crippen LogP contribution in [-0.2, 0) is 9.59 Å². The molecule has 0 N–H and O–H groups in total. The van der Waals surface area contributed by atoms with Crippen LogP contribution in [0.3, 0.4) is 0 Å². The maximum atomic E-state index is 13.1. The lowest BCUT2D eigenvalue weighted by Gasteiger charge is -2.32. The van der Waals surface area contributed by atoms with Gasteiger partial charge in [-0.3, -0.25) is 9.59 Å². The van der Waals surface area contributed by atoms with E-state index in [1.807, 2.05) is 0 Å². The van der Waals surface area contributed by atoms with Gasteiger partial charge in [0.25, 0.3) is 0 Å². The first kappa shape index (κ1) is 16.8. The zero-order chi connectivity index (χ0) is 17.7. The molecule has 134 valence electrons. The van der Waals surface area contributed by atoms with Gasteiger partial charge >= 0.3 is 0 Å². The molecule has 0 spiro atoms. The fourth-order valence-corrected chi connectivity index (χ4v) is 7.57. The number of rotatable bonds is 3. The second-order valence-corrected chi connectivity index (χ2v) is 10.9. The molecule has 4 aliphatic carbocycles. The Morgan fingerprint density at radius 3 is 1.29 bits per heavy atom. The van der Waals surface area contributed by atoms with Crippen LogP contribution in [-0.4, -0.2) is 11.6 Å². The first-order valence-electron chi connectivity index (χ1n) is 10.1. The highest BCUT2D eigenvalue weighted by molar-refractivity contribution is 5.93. The van der Waals surface area contributed by atoms with Gasteiger partial charge in [-0.05, 0) is 61.2 Å². The van der Waals surface area contributed by atoms with Gasteiger partial charge in [0.05, 0.1) is 0 Å². The second kappa shape index (κ2) is 4.54. The molecule has 0 amide bonds. The minimum absolute atomic E-state index is 0.119. The molecule has 0 aromatic carbocycles. The number of hydrogen-bond acceptors (Lipinski definition) is 2. The summed E-state index contributed by atoms with van der Waals surface area (Å²) in [4.78, 5) is 26.1. The molecule has 0 aromatic rings. The van der Waals surface area contributed by atoms with Crippen molar-refractivity contribution in [2.75, 3.05) is 0 Å². The quantitative estimate of drug-likeness (QED) is 0.725. The Labute approximate surface area is 147 Å². The molecule has 6 atom stereocenters. The van der Waals surface area contributed by atoms with Crippen LogP contribution < -0.4 is 0 Å². The monoisotopic (exact) mass is 330 g/mol. The van der Waals surface area contributed by atoms with Crippen LogP contribution in [0.5, 0.6) is 0 Å². The summed E-state index contributed by atoms with van der Waals surface area (Å²) < 4.78 is 0. The number of hydrogen-bond donors (Lipinski definition) is 0. The second-order valence-electron chi connectivity index (χ2n) is 10.9. The smallest absolute Gasteiger partial charge is 0.142 e. The maximum absolute atomic E-state index is 13.1. The largest absolute Gasteiger partial charge is 0.299 e. The predicted octanol–water partition coefficient (Wildman–Crippen LogP) is 5.05. The fourth-order valence-electron chi connectivity index (χ4n) is 7.57. The molecular formula is C22H34O2. The Balaban J connectivity index is 1.52. The molecule has 0 heterocycles. The van der Waals surface area contributed by atoms with Crippen LogP contribution in [0, 0.1) is 45.3 Å². The van der Waals surface area contributed by atoms with E-state index in [1.165, 1.54) is 12.8 Å². The summed E-state index contributed by atoms with van der Waals surface area (Å²) in [7, 11) is 0. The minimum Gasteiger partial charge on any atom is -0.299 e. The van der Waals surface area contributed by atoms with Gasteiger partial charge in [0.1, 0.15) is 11.6 Å². The molecule has 4 saturated carbocycles. The van der Waals surface area contributed by atoms with Gasteiger partial charge in [0, 0.05) is 22.7 Å². The molecule has 24 heavy (non-hydrogen) atoms. The van der Waals surface area contributed by atoms with Crippen molar-refractivity contribution in [3.63, 3.8) is 0 Å². The van der Waals surface area contributed by atoms with E-state index in [0.29, 0.717) is 23.4 Å². The van der Waals surface area contributed by atoms with Gasteiger partial charge < -0.3 is 0 Å². The lowest BCUT2D eigenvalue weighted by Crippen LogP contribution is -2.34. The van der Waals surface area contributed by atoms with E-state index >= 15 is 0 Å². The van der Waals surface area contributed by atoms with Gasteiger partial charge in [-0.15, -0.1) is 0 Å². The summed E-state index contributed by atoms with van der Waals surface area (Å²) in [5, 5.41) is 0. The number of carbonyl (C=O) groups excluding carboxylic acids is 2. The van der Waals surface area contributed by atoms with E-state index in [9.17, 15) is 9.59 Å². The van der Waals surface area contributed by atoms with Crippen LogP contribution in [0.25, 0.3) is 0 Å². The highest BCUT2D eigenvalue weighted by Gasteiger charge is 2.68. The van der Waals surface area contributed by atoms with Crippen molar-refractivity contribution in [2.24, 2.45) is 45.3 Å². The molecule has 2 nitrogen and oxygen atoms in total. The number of fused-ring (bicyclic) bond motifs is 4. The molecule has 0 unspecified atom stereocenters. The Kier molecular flexibility index (Phi) is 3.18. The summed E-state index contributed by atoms with van der Waals surface area (Å²) >= 11 is 0. The Morgan fingerprint density at radius 2 is 1.04 bits per heavy atom. The van der Waals surface area contributed by atoms with Crippen LogP contribution in [0.1, 0.15) is 80.1 Å². The van der Waals surface area contributed by atoms with Crippen molar-refractivity contribution in [3.05, 3.63) is 0 Å². The summed E-state index contributed by atoms with van der Waals surface area (Å²) in [6.45, 7) is 13.6. The van der Waals surface area contributed by atoms with Crippen molar-refractivity contribution < 1.29 is 9.59 Å². The van der Waals surface area contributed by atoms with Gasteiger partial charge in [-0.2, -0.15) is 0 Å². The molecule has 2 heteroatoms. The third-order valence-electron chi connectivity index (χ3n) is 10.1. The molecule has 4 fully saturated rings. The lowest BCUT2D eigenvalue weighted by atomic mass is 9.70. The van der Waals surface area contributed by atoms with Gasteiger partial charge in [0.2, 0.25) is 0 Å². The van der Waals surface area contributed by atoms with Crippen LogP contribution in [0.4, 0.5) is 0 Å². The molecule has 0 aromatic heterocycles. The Hall–Kier alpha value is -0.660. The van der Waals surface area contributed by atoms with Crippen molar-refractivity contribution in [3.8, 4) is 0 Å². The van der Waals surface area contributed by atoms with E-state index in [2.05, 4.69) is 41.5 Å². The van der Waals surface area contributed by atoms with E-state index in [1.54, 1.807) is 0 Å². The van der Waals surface area contributed by atoms with Crippen molar-refractivity contribution in [1.29, 1.82) is 0 Å². The van der Waals surface area contributed by atoms with Gasteiger partial charge in [0.15, 0.2) is 0 Å². The Bertz CT molecular complexity index is 561. The number of carbonyl (C=O) groups is 2. The van der Waals surface area contributed by atoms with Crippen LogP contribution in [0.2, 0.25) is 0 Å². The first-order valence-corrected chi connectivity index (χ1v) is 10.1. The zero-order valence-corrected chi connectivity index (χ0v) is 16.4. The molecule has 0 saturated heterocycles. The van der Waals surface area contributed by atoms with Crippen molar-refractivity contribution >= 4 is 11.6 Å². The lowest BCUT2D eigenvalue weighted by molar-refractivity contribution is -0.134. The summed E-state index contributed by atoms with van der Waals surface area (Å²) in [5.41, 5.74) is 0.0376. The molecular weight excluding hydrogens is 296 g/mol. The molecule has 4 aliphatic rings.